The van der Waals surface area contributed by atoms with Crippen molar-refractivity contribution in [2.75, 3.05) is 17.1 Å². The molecule has 36 heavy (non-hydrogen) atoms. The molecule has 0 radical (unpaired) electrons. The van der Waals surface area contributed by atoms with E-state index in [4.69, 9.17) is 11.6 Å². The van der Waals surface area contributed by atoms with E-state index in [2.05, 4.69) is 5.32 Å². The van der Waals surface area contributed by atoms with Crippen molar-refractivity contribution in [3.63, 3.8) is 0 Å². The minimum Gasteiger partial charge on any atom is -0.352 e. The third-order valence-corrected chi connectivity index (χ3v) is 8.08. The van der Waals surface area contributed by atoms with Crippen molar-refractivity contribution in [1.29, 1.82) is 0 Å². The first-order valence-electron chi connectivity index (χ1n) is 12.3. The molecule has 0 aromatic heterocycles. The third kappa shape index (κ3) is 7.46. The Kier molecular flexibility index (Phi) is 9.41. The van der Waals surface area contributed by atoms with Gasteiger partial charge in [0.2, 0.25) is 21.8 Å². The number of nitrogens with one attached hydrogen (secondary N) is 1. The minimum absolute atomic E-state index is 0.101. The smallest absolute Gasteiger partial charge is 0.244 e. The molecule has 0 heterocycles. The van der Waals surface area contributed by atoms with Crippen LogP contribution in [0.1, 0.15) is 55.7 Å². The molecule has 0 unspecified atom stereocenters. The Labute approximate surface area is 219 Å². The maximum atomic E-state index is 13.7. The molecule has 1 aliphatic carbocycles. The molecule has 9 heteroatoms. The van der Waals surface area contributed by atoms with Crippen molar-refractivity contribution < 1.29 is 18.0 Å². The first-order chi connectivity index (χ1) is 17.0. The van der Waals surface area contributed by atoms with Crippen LogP contribution in [0.25, 0.3) is 0 Å². The molecular weight excluding hydrogens is 498 g/mol. The van der Waals surface area contributed by atoms with Crippen LogP contribution in [0.3, 0.4) is 0 Å². The highest BCUT2D eigenvalue weighted by Crippen LogP contribution is 2.25. The van der Waals surface area contributed by atoms with E-state index in [0.717, 1.165) is 52.9 Å². The summed E-state index contributed by atoms with van der Waals surface area (Å²) in [7, 11) is -3.77. The zero-order valence-electron chi connectivity index (χ0n) is 21.5. The summed E-state index contributed by atoms with van der Waals surface area (Å²) >= 11 is 6.03. The van der Waals surface area contributed by atoms with Crippen LogP contribution in [0, 0.1) is 13.8 Å². The molecule has 7 nitrogen and oxygen atoms in total. The Morgan fingerprint density at radius 2 is 1.69 bits per heavy atom. The Morgan fingerprint density at radius 1 is 1.06 bits per heavy atom. The third-order valence-electron chi connectivity index (χ3n) is 6.70. The summed E-state index contributed by atoms with van der Waals surface area (Å²) in [5, 5.41) is 3.66. The van der Waals surface area contributed by atoms with Crippen molar-refractivity contribution in [1.82, 2.24) is 10.2 Å². The van der Waals surface area contributed by atoms with Gasteiger partial charge in [0.15, 0.2) is 0 Å². The molecule has 1 N–H and O–H groups in total. The average Bonchev–Trinajstić information content (AvgIpc) is 2.83. The molecule has 1 saturated carbocycles. The topological polar surface area (TPSA) is 86.8 Å². The highest BCUT2D eigenvalue weighted by Gasteiger charge is 2.31. The Morgan fingerprint density at radius 3 is 2.31 bits per heavy atom. The van der Waals surface area contributed by atoms with E-state index in [1.807, 2.05) is 26.0 Å². The number of rotatable bonds is 9. The number of hydrogen-bond acceptors (Lipinski definition) is 4. The number of nitrogens with zero attached hydrogens (tertiary/aromatic N) is 2. The van der Waals surface area contributed by atoms with Crippen LogP contribution in [-0.4, -0.2) is 50.0 Å². The summed E-state index contributed by atoms with van der Waals surface area (Å²) in [5.41, 5.74) is 2.88. The standard InChI is InChI=1S/C27H36ClN3O4S/c1-19-10-11-20(2)25(16-19)31(36(4,34)35)18-26(32)30(17-22-12-14-23(28)15-13-22)21(3)27(33)29-24-8-6-5-7-9-24/h10-16,21,24H,5-9,17-18H2,1-4H3,(H,29,33)/t21-/m0/s1. The molecule has 0 bridgehead atoms. The molecule has 2 amide bonds. The van der Waals surface area contributed by atoms with Gasteiger partial charge in [-0.3, -0.25) is 13.9 Å². The lowest BCUT2D eigenvalue weighted by Crippen LogP contribution is -2.53. The molecule has 2 aromatic rings. The van der Waals surface area contributed by atoms with Gasteiger partial charge in [-0.25, -0.2) is 8.42 Å². The van der Waals surface area contributed by atoms with Crippen LogP contribution in [0.5, 0.6) is 0 Å². The SMILES string of the molecule is Cc1ccc(C)c(N(CC(=O)N(Cc2ccc(Cl)cc2)[C@@H](C)C(=O)NC2CCCCC2)S(C)(=O)=O)c1. The van der Waals surface area contributed by atoms with Crippen molar-refractivity contribution in [2.24, 2.45) is 0 Å². The Bertz CT molecular complexity index is 1180. The lowest BCUT2D eigenvalue weighted by atomic mass is 9.95. The van der Waals surface area contributed by atoms with Crippen molar-refractivity contribution in [3.05, 3.63) is 64.2 Å². The van der Waals surface area contributed by atoms with E-state index >= 15 is 0 Å². The van der Waals surface area contributed by atoms with Crippen LogP contribution in [0.2, 0.25) is 5.02 Å². The van der Waals surface area contributed by atoms with E-state index < -0.39 is 28.5 Å². The lowest BCUT2D eigenvalue weighted by molar-refractivity contribution is -0.139. The predicted octanol–water partition coefficient (Wildman–Crippen LogP) is 4.59. The normalized spacial score (nSPS) is 15.2. The van der Waals surface area contributed by atoms with E-state index in [1.54, 1.807) is 37.3 Å². The first kappa shape index (κ1) is 28.0. The fraction of sp³-hybridized carbons (Fsp3) is 0.481. The molecule has 196 valence electrons. The monoisotopic (exact) mass is 533 g/mol. The van der Waals surface area contributed by atoms with Crippen LogP contribution in [0.15, 0.2) is 42.5 Å². The summed E-state index contributed by atoms with van der Waals surface area (Å²) in [6, 6.07) is 11.9. The number of halogens is 1. The zero-order chi connectivity index (χ0) is 26.5. The quantitative estimate of drug-likeness (QED) is 0.511. The number of sulfonamides is 1. The fourth-order valence-corrected chi connectivity index (χ4v) is 5.55. The fourth-order valence-electron chi connectivity index (χ4n) is 4.52. The van der Waals surface area contributed by atoms with Gasteiger partial charge in [0.1, 0.15) is 12.6 Å². The van der Waals surface area contributed by atoms with E-state index in [0.29, 0.717) is 10.7 Å². The highest BCUT2D eigenvalue weighted by atomic mass is 35.5. The van der Waals surface area contributed by atoms with Gasteiger partial charge in [-0.2, -0.15) is 0 Å². The molecule has 1 atom stereocenters. The van der Waals surface area contributed by atoms with Gasteiger partial charge >= 0.3 is 0 Å². The van der Waals surface area contributed by atoms with Gasteiger partial charge in [-0.1, -0.05) is 55.1 Å². The summed E-state index contributed by atoms with van der Waals surface area (Å²) < 4.78 is 26.7. The number of anilines is 1. The molecule has 0 spiro atoms. The summed E-state index contributed by atoms with van der Waals surface area (Å²) in [4.78, 5) is 28.3. The second-order valence-corrected chi connectivity index (χ2v) is 12.1. The van der Waals surface area contributed by atoms with E-state index in [9.17, 15) is 18.0 Å². The minimum atomic E-state index is -3.77. The molecule has 2 aromatic carbocycles. The Hall–Kier alpha value is -2.58. The second kappa shape index (κ2) is 12.1. The van der Waals surface area contributed by atoms with E-state index in [1.165, 1.54) is 11.3 Å². The number of carbonyl (C=O) groups is 2. The maximum Gasteiger partial charge on any atom is 0.244 e. The van der Waals surface area contributed by atoms with Crippen molar-refractivity contribution in [3.8, 4) is 0 Å². The van der Waals surface area contributed by atoms with Crippen LogP contribution < -0.4 is 9.62 Å². The highest BCUT2D eigenvalue weighted by molar-refractivity contribution is 7.92. The average molecular weight is 534 g/mol. The lowest BCUT2D eigenvalue weighted by Gasteiger charge is -2.33. The molecule has 1 aliphatic rings. The van der Waals surface area contributed by atoms with Gasteiger partial charge in [-0.15, -0.1) is 0 Å². The Balaban J connectivity index is 1.89. The molecule has 0 aliphatic heterocycles. The van der Waals surface area contributed by atoms with Gasteiger partial charge in [0.25, 0.3) is 0 Å². The largest absolute Gasteiger partial charge is 0.352 e. The predicted molar refractivity (Wildman–Crippen MR) is 145 cm³/mol. The number of amides is 2. The second-order valence-electron chi connectivity index (χ2n) is 9.73. The zero-order valence-corrected chi connectivity index (χ0v) is 23.0. The van der Waals surface area contributed by atoms with Crippen LogP contribution in [-0.2, 0) is 26.2 Å². The molecular formula is C27H36ClN3O4S. The van der Waals surface area contributed by atoms with Gasteiger partial charge in [0.05, 0.1) is 11.9 Å². The number of benzene rings is 2. The van der Waals surface area contributed by atoms with Crippen LogP contribution >= 0.6 is 11.6 Å². The first-order valence-corrected chi connectivity index (χ1v) is 14.6. The summed E-state index contributed by atoms with van der Waals surface area (Å²) in [6.45, 7) is 5.12. The molecule has 0 saturated heterocycles. The van der Waals surface area contributed by atoms with E-state index in [-0.39, 0.29) is 18.5 Å². The molecule has 3 rings (SSSR count). The number of aryl methyl sites for hydroxylation is 2. The van der Waals surface area contributed by atoms with Crippen LogP contribution in [0.4, 0.5) is 5.69 Å². The van der Waals surface area contributed by atoms with Crippen molar-refractivity contribution in [2.45, 2.75) is 71.5 Å². The summed E-state index contributed by atoms with van der Waals surface area (Å²) in [6.07, 6.45) is 6.27. The van der Waals surface area contributed by atoms with Gasteiger partial charge in [0, 0.05) is 17.6 Å². The van der Waals surface area contributed by atoms with Gasteiger partial charge < -0.3 is 10.2 Å². The maximum absolute atomic E-state index is 13.7. The molecule has 1 fully saturated rings. The number of hydrogen-bond donors (Lipinski definition) is 1. The van der Waals surface area contributed by atoms with Gasteiger partial charge in [-0.05, 0) is 68.5 Å². The number of carbonyl (C=O) groups excluding carboxylic acids is 2. The van der Waals surface area contributed by atoms with Crippen molar-refractivity contribution >= 4 is 39.1 Å². The summed E-state index contributed by atoms with van der Waals surface area (Å²) in [5.74, 6) is -0.690.